The summed E-state index contributed by atoms with van der Waals surface area (Å²) in [5.41, 5.74) is 3.04. The van der Waals surface area contributed by atoms with Gasteiger partial charge in [0.25, 0.3) is 0 Å². The summed E-state index contributed by atoms with van der Waals surface area (Å²) in [5.74, 6) is -0.223. The maximum Gasteiger partial charge on any atom is 0.573 e. The van der Waals surface area contributed by atoms with E-state index in [1.165, 1.54) is 30.5 Å². The van der Waals surface area contributed by atoms with Gasteiger partial charge in [0, 0.05) is 23.7 Å². The van der Waals surface area contributed by atoms with Crippen molar-refractivity contribution >= 4 is 0 Å². The maximum atomic E-state index is 12.2. The molecule has 1 aromatic heterocycles. The van der Waals surface area contributed by atoms with Crippen LogP contribution in [0.1, 0.15) is 18.4 Å². The van der Waals surface area contributed by atoms with Crippen LogP contribution in [-0.4, -0.2) is 35.9 Å². The molecule has 0 aliphatic carbocycles. The third-order valence-corrected chi connectivity index (χ3v) is 5.10. The van der Waals surface area contributed by atoms with E-state index in [2.05, 4.69) is 20.7 Å². The van der Waals surface area contributed by atoms with Crippen molar-refractivity contribution in [3.05, 3.63) is 48.2 Å². The van der Waals surface area contributed by atoms with E-state index in [1.54, 1.807) is 12.1 Å². The number of piperidine rings is 1. The van der Waals surface area contributed by atoms with Crippen LogP contribution < -0.4 is 4.74 Å². The molecule has 2 aromatic rings. The molecule has 0 radical (unpaired) electrons. The molecule has 0 spiro atoms. The molecule has 2 aliphatic rings. The molecule has 4 rings (SSSR count). The molecule has 2 fully saturated rings. The SMILES string of the molecule is FC(F)(F)Oc1ccc(-c2ccc(C34CCN(CC3)C4)cn2)cc1. The van der Waals surface area contributed by atoms with Gasteiger partial charge in [-0.15, -0.1) is 13.2 Å². The van der Waals surface area contributed by atoms with Gasteiger partial charge in [0.05, 0.1) is 5.69 Å². The fourth-order valence-electron chi connectivity index (χ4n) is 3.81. The normalized spacial score (nSPS) is 25.9. The summed E-state index contributed by atoms with van der Waals surface area (Å²) in [5, 5.41) is 0. The first-order valence-electron chi connectivity index (χ1n) is 7.99. The Labute approximate surface area is 138 Å². The third-order valence-electron chi connectivity index (χ3n) is 5.10. The van der Waals surface area contributed by atoms with E-state index < -0.39 is 6.36 Å². The zero-order valence-corrected chi connectivity index (χ0v) is 13.0. The predicted octanol–water partition coefficient (Wildman–Crippen LogP) is 3.99. The fourth-order valence-corrected chi connectivity index (χ4v) is 3.81. The van der Waals surface area contributed by atoms with Crippen LogP contribution in [0.4, 0.5) is 13.2 Å². The number of pyridine rings is 1. The molecule has 2 saturated heterocycles. The number of ether oxygens (including phenoxy) is 1. The van der Waals surface area contributed by atoms with Gasteiger partial charge in [0.15, 0.2) is 0 Å². The molecule has 1 aromatic carbocycles. The molecule has 6 heteroatoms. The number of hydrogen-bond acceptors (Lipinski definition) is 3. The molecule has 24 heavy (non-hydrogen) atoms. The van der Waals surface area contributed by atoms with Crippen molar-refractivity contribution < 1.29 is 17.9 Å². The van der Waals surface area contributed by atoms with Crippen LogP contribution in [0.25, 0.3) is 11.3 Å². The van der Waals surface area contributed by atoms with Crippen LogP contribution in [0.2, 0.25) is 0 Å². The standard InChI is InChI=1S/C18H17F3N2O/c19-18(20,21)24-15-4-1-13(2-5-15)16-6-3-14(11-22-16)17-7-9-23(12-17)10-8-17/h1-6,11H,7-10,12H2. The molecule has 0 amide bonds. The minimum absolute atomic E-state index is 0.223. The summed E-state index contributed by atoms with van der Waals surface area (Å²) in [6, 6.07) is 9.86. The summed E-state index contributed by atoms with van der Waals surface area (Å²) in [4.78, 5) is 7.01. The number of halogens is 3. The van der Waals surface area contributed by atoms with Gasteiger partial charge in [-0.3, -0.25) is 4.98 Å². The lowest BCUT2D eigenvalue weighted by atomic mass is 9.78. The highest BCUT2D eigenvalue weighted by Crippen LogP contribution is 2.43. The Morgan fingerprint density at radius 2 is 1.71 bits per heavy atom. The van der Waals surface area contributed by atoms with Gasteiger partial charge >= 0.3 is 6.36 Å². The summed E-state index contributed by atoms with van der Waals surface area (Å²) in [7, 11) is 0. The maximum absolute atomic E-state index is 12.2. The van der Waals surface area contributed by atoms with E-state index in [4.69, 9.17) is 0 Å². The van der Waals surface area contributed by atoms with Gasteiger partial charge in [0.1, 0.15) is 5.75 Å². The Bertz CT molecular complexity index is 717. The number of aromatic nitrogens is 1. The van der Waals surface area contributed by atoms with E-state index in [0.717, 1.165) is 30.9 Å². The van der Waals surface area contributed by atoms with E-state index >= 15 is 0 Å². The molecule has 0 unspecified atom stereocenters. The Balaban J connectivity index is 1.53. The van der Waals surface area contributed by atoms with E-state index in [0.29, 0.717) is 0 Å². The Hall–Kier alpha value is -2.08. The van der Waals surface area contributed by atoms with Crippen LogP contribution in [0, 0.1) is 0 Å². The van der Waals surface area contributed by atoms with Crippen LogP contribution in [0.5, 0.6) is 5.75 Å². The quantitative estimate of drug-likeness (QED) is 0.848. The second kappa shape index (κ2) is 5.48. The Kier molecular flexibility index (Phi) is 3.53. The topological polar surface area (TPSA) is 25.4 Å². The second-order valence-electron chi connectivity index (χ2n) is 6.56. The minimum atomic E-state index is -4.67. The van der Waals surface area contributed by atoms with E-state index in [-0.39, 0.29) is 11.2 Å². The van der Waals surface area contributed by atoms with Gasteiger partial charge < -0.3 is 9.64 Å². The average molecular weight is 334 g/mol. The molecule has 2 aliphatic heterocycles. The van der Waals surface area contributed by atoms with Gasteiger partial charge in [-0.25, -0.2) is 0 Å². The van der Waals surface area contributed by atoms with Crippen molar-refractivity contribution in [2.45, 2.75) is 24.6 Å². The first-order chi connectivity index (χ1) is 11.4. The molecule has 3 nitrogen and oxygen atoms in total. The van der Waals surface area contributed by atoms with Crippen LogP contribution in [0.15, 0.2) is 42.6 Å². The van der Waals surface area contributed by atoms with Crippen LogP contribution in [-0.2, 0) is 5.41 Å². The molecular formula is C18H17F3N2O. The van der Waals surface area contributed by atoms with Crippen molar-refractivity contribution in [3.63, 3.8) is 0 Å². The number of rotatable bonds is 3. The first-order valence-corrected chi connectivity index (χ1v) is 7.99. The number of fused-ring (bicyclic) bond motifs is 2. The van der Waals surface area contributed by atoms with Gasteiger partial charge in [-0.2, -0.15) is 0 Å². The number of alkyl halides is 3. The molecular weight excluding hydrogens is 317 g/mol. The van der Waals surface area contributed by atoms with E-state index in [1.807, 2.05) is 12.3 Å². The van der Waals surface area contributed by atoms with Crippen molar-refractivity contribution in [1.29, 1.82) is 0 Å². The van der Waals surface area contributed by atoms with Gasteiger partial charge in [-0.05, 0) is 61.8 Å². The van der Waals surface area contributed by atoms with Crippen LogP contribution in [0.3, 0.4) is 0 Å². The lowest BCUT2D eigenvalue weighted by Gasteiger charge is -2.25. The number of benzene rings is 1. The van der Waals surface area contributed by atoms with E-state index in [9.17, 15) is 13.2 Å². The molecule has 126 valence electrons. The summed E-state index contributed by atoms with van der Waals surface area (Å²) < 4.78 is 40.5. The zero-order chi connectivity index (χ0) is 16.8. The molecule has 3 heterocycles. The lowest BCUT2D eigenvalue weighted by Crippen LogP contribution is -2.24. The fraction of sp³-hybridized carbons (Fsp3) is 0.389. The molecule has 2 bridgehead atoms. The van der Waals surface area contributed by atoms with Crippen molar-refractivity contribution in [3.8, 4) is 17.0 Å². The van der Waals surface area contributed by atoms with Gasteiger partial charge in [-0.1, -0.05) is 6.07 Å². The molecule has 0 saturated carbocycles. The smallest absolute Gasteiger partial charge is 0.406 e. The summed E-state index contributed by atoms with van der Waals surface area (Å²) in [6.45, 7) is 3.42. The monoisotopic (exact) mass is 334 g/mol. The Morgan fingerprint density at radius 3 is 2.21 bits per heavy atom. The van der Waals surface area contributed by atoms with Crippen molar-refractivity contribution in [2.75, 3.05) is 19.6 Å². The molecule has 0 atom stereocenters. The minimum Gasteiger partial charge on any atom is -0.406 e. The number of hydrogen-bond donors (Lipinski definition) is 0. The van der Waals surface area contributed by atoms with Gasteiger partial charge in [0.2, 0.25) is 0 Å². The van der Waals surface area contributed by atoms with Crippen molar-refractivity contribution in [2.24, 2.45) is 0 Å². The second-order valence-corrected chi connectivity index (χ2v) is 6.56. The first kappa shape index (κ1) is 15.4. The van der Waals surface area contributed by atoms with Crippen molar-refractivity contribution in [1.82, 2.24) is 9.88 Å². The average Bonchev–Trinajstić information content (AvgIpc) is 3.16. The summed E-state index contributed by atoms with van der Waals surface area (Å²) >= 11 is 0. The third kappa shape index (κ3) is 2.86. The largest absolute Gasteiger partial charge is 0.573 e. The molecule has 0 N–H and O–H groups in total. The van der Waals surface area contributed by atoms with Crippen LogP contribution >= 0.6 is 0 Å². The Morgan fingerprint density at radius 1 is 1.00 bits per heavy atom. The zero-order valence-electron chi connectivity index (χ0n) is 13.0. The summed E-state index contributed by atoms with van der Waals surface area (Å²) in [6.07, 6.45) is -0.392. The highest BCUT2D eigenvalue weighted by molar-refractivity contribution is 5.60. The highest BCUT2D eigenvalue weighted by atomic mass is 19.4. The predicted molar refractivity (Wildman–Crippen MR) is 83.7 cm³/mol. The lowest BCUT2D eigenvalue weighted by molar-refractivity contribution is -0.274. The highest BCUT2D eigenvalue weighted by Gasteiger charge is 2.44. The number of nitrogens with zero attached hydrogens (tertiary/aromatic N) is 2.